The SMILES string of the molecule is CCCC(C)(C)NC(=O)C(C)(CC)CN. The lowest BCUT2D eigenvalue weighted by Crippen LogP contribution is -2.51. The first kappa shape index (κ1) is 14.4. The van der Waals surface area contributed by atoms with Crippen molar-refractivity contribution in [3.8, 4) is 0 Å². The summed E-state index contributed by atoms with van der Waals surface area (Å²) < 4.78 is 0. The molecule has 0 spiro atoms. The Morgan fingerprint density at radius 3 is 2.13 bits per heavy atom. The molecule has 0 aromatic heterocycles. The van der Waals surface area contributed by atoms with Crippen LogP contribution < -0.4 is 11.1 Å². The number of nitrogens with one attached hydrogen (secondary N) is 1. The number of carbonyl (C=O) groups excluding carboxylic acids is 1. The first-order valence-electron chi connectivity index (χ1n) is 5.84. The lowest BCUT2D eigenvalue weighted by molar-refractivity contribution is -0.131. The molecule has 1 amide bonds. The van der Waals surface area contributed by atoms with E-state index in [0.717, 1.165) is 19.3 Å². The topological polar surface area (TPSA) is 55.1 Å². The normalized spacial score (nSPS) is 15.9. The van der Waals surface area contributed by atoms with Crippen molar-refractivity contribution < 1.29 is 4.79 Å². The van der Waals surface area contributed by atoms with E-state index in [1.165, 1.54) is 0 Å². The van der Waals surface area contributed by atoms with Crippen molar-refractivity contribution in [2.24, 2.45) is 11.1 Å². The average Bonchev–Trinajstić information content (AvgIpc) is 2.15. The molecule has 0 aliphatic rings. The molecule has 1 atom stereocenters. The Labute approximate surface area is 93.8 Å². The third-order valence-electron chi connectivity index (χ3n) is 3.11. The van der Waals surface area contributed by atoms with Crippen molar-refractivity contribution in [3.05, 3.63) is 0 Å². The number of carbonyl (C=O) groups is 1. The molecular formula is C12H26N2O. The minimum absolute atomic E-state index is 0.0750. The predicted molar refractivity (Wildman–Crippen MR) is 64.6 cm³/mol. The molecule has 0 heterocycles. The molecule has 3 N–H and O–H groups in total. The van der Waals surface area contributed by atoms with E-state index in [4.69, 9.17) is 5.73 Å². The summed E-state index contributed by atoms with van der Waals surface area (Å²) in [7, 11) is 0. The van der Waals surface area contributed by atoms with E-state index >= 15 is 0 Å². The van der Waals surface area contributed by atoms with E-state index in [1.54, 1.807) is 0 Å². The minimum Gasteiger partial charge on any atom is -0.351 e. The molecule has 0 aromatic rings. The molecule has 0 bridgehead atoms. The van der Waals surface area contributed by atoms with Crippen LogP contribution in [0.3, 0.4) is 0 Å². The van der Waals surface area contributed by atoms with Gasteiger partial charge < -0.3 is 11.1 Å². The lowest BCUT2D eigenvalue weighted by Gasteiger charge is -2.32. The van der Waals surface area contributed by atoms with Gasteiger partial charge >= 0.3 is 0 Å². The fourth-order valence-electron chi connectivity index (χ4n) is 1.54. The molecule has 15 heavy (non-hydrogen) atoms. The van der Waals surface area contributed by atoms with Gasteiger partial charge in [0.2, 0.25) is 5.91 Å². The second-order valence-electron chi connectivity index (χ2n) is 5.21. The summed E-state index contributed by atoms with van der Waals surface area (Å²) in [6, 6.07) is 0. The van der Waals surface area contributed by atoms with Crippen LogP contribution in [0.5, 0.6) is 0 Å². The van der Waals surface area contributed by atoms with E-state index in [1.807, 2.05) is 13.8 Å². The monoisotopic (exact) mass is 214 g/mol. The van der Waals surface area contributed by atoms with Gasteiger partial charge in [-0.2, -0.15) is 0 Å². The van der Waals surface area contributed by atoms with Gasteiger partial charge in [-0.25, -0.2) is 0 Å². The summed E-state index contributed by atoms with van der Waals surface area (Å²) in [6.45, 7) is 10.6. The molecule has 3 nitrogen and oxygen atoms in total. The molecule has 0 aliphatic carbocycles. The highest BCUT2D eigenvalue weighted by atomic mass is 16.2. The van der Waals surface area contributed by atoms with Gasteiger partial charge in [-0.3, -0.25) is 4.79 Å². The largest absolute Gasteiger partial charge is 0.351 e. The number of hydrogen-bond acceptors (Lipinski definition) is 2. The number of amides is 1. The van der Waals surface area contributed by atoms with Gasteiger partial charge in [0.1, 0.15) is 0 Å². The third kappa shape index (κ3) is 4.20. The van der Waals surface area contributed by atoms with Crippen molar-refractivity contribution in [2.75, 3.05) is 6.54 Å². The Hall–Kier alpha value is -0.570. The molecule has 0 saturated carbocycles. The van der Waals surface area contributed by atoms with Crippen LogP contribution in [0.2, 0.25) is 0 Å². The zero-order valence-corrected chi connectivity index (χ0v) is 10.8. The fraction of sp³-hybridized carbons (Fsp3) is 0.917. The summed E-state index contributed by atoms with van der Waals surface area (Å²) in [6.07, 6.45) is 2.83. The Bertz CT molecular complexity index is 208. The predicted octanol–water partition coefficient (Wildman–Crippen LogP) is 2.06. The molecule has 3 heteroatoms. The summed E-state index contributed by atoms with van der Waals surface area (Å²) in [5.41, 5.74) is 5.10. The number of nitrogens with two attached hydrogens (primary N) is 1. The highest BCUT2D eigenvalue weighted by molar-refractivity contribution is 5.83. The number of hydrogen-bond donors (Lipinski definition) is 2. The van der Waals surface area contributed by atoms with Gasteiger partial charge in [-0.05, 0) is 33.6 Å². The molecular weight excluding hydrogens is 188 g/mol. The smallest absolute Gasteiger partial charge is 0.227 e. The van der Waals surface area contributed by atoms with Crippen molar-refractivity contribution in [1.29, 1.82) is 0 Å². The van der Waals surface area contributed by atoms with Crippen LogP contribution in [0, 0.1) is 5.41 Å². The number of rotatable bonds is 6. The zero-order chi connectivity index (χ0) is 12.1. The van der Waals surface area contributed by atoms with E-state index in [9.17, 15) is 4.79 Å². The van der Waals surface area contributed by atoms with Crippen molar-refractivity contribution in [3.63, 3.8) is 0 Å². The molecule has 90 valence electrons. The van der Waals surface area contributed by atoms with Gasteiger partial charge in [-0.1, -0.05) is 20.3 Å². The average molecular weight is 214 g/mol. The Balaban J connectivity index is 4.47. The molecule has 0 saturated heterocycles. The summed E-state index contributed by atoms with van der Waals surface area (Å²) in [4.78, 5) is 12.0. The summed E-state index contributed by atoms with van der Waals surface area (Å²) >= 11 is 0. The van der Waals surface area contributed by atoms with Crippen LogP contribution >= 0.6 is 0 Å². The second-order valence-corrected chi connectivity index (χ2v) is 5.21. The van der Waals surface area contributed by atoms with Gasteiger partial charge in [0.25, 0.3) is 0 Å². The van der Waals surface area contributed by atoms with Gasteiger partial charge in [0.05, 0.1) is 5.41 Å². The van der Waals surface area contributed by atoms with Gasteiger partial charge in [0, 0.05) is 12.1 Å². The minimum atomic E-state index is -0.426. The second kappa shape index (κ2) is 5.50. The van der Waals surface area contributed by atoms with Crippen LogP contribution in [-0.4, -0.2) is 18.0 Å². The molecule has 0 aliphatic heterocycles. The lowest BCUT2D eigenvalue weighted by atomic mass is 9.85. The maximum absolute atomic E-state index is 12.0. The van der Waals surface area contributed by atoms with Gasteiger partial charge in [-0.15, -0.1) is 0 Å². The molecule has 0 fully saturated rings. The molecule has 0 rings (SSSR count). The first-order valence-corrected chi connectivity index (χ1v) is 5.84. The van der Waals surface area contributed by atoms with E-state index in [2.05, 4.69) is 26.1 Å². The van der Waals surface area contributed by atoms with Crippen molar-refractivity contribution in [2.45, 2.75) is 59.4 Å². The molecule has 1 unspecified atom stereocenters. The highest BCUT2D eigenvalue weighted by Crippen LogP contribution is 2.21. The fourth-order valence-corrected chi connectivity index (χ4v) is 1.54. The van der Waals surface area contributed by atoms with Crippen LogP contribution in [0.4, 0.5) is 0 Å². The molecule has 0 radical (unpaired) electrons. The first-order chi connectivity index (χ1) is 6.81. The quantitative estimate of drug-likeness (QED) is 0.711. The summed E-state index contributed by atoms with van der Waals surface area (Å²) in [5.74, 6) is 0.0750. The Morgan fingerprint density at radius 2 is 1.80 bits per heavy atom. The Kier molecular flexibility index (Phi) is 5.29. The van der Waals surface area contributed by atoms with Crippen LogP contribution in [-0.2, 0) is 4.79 Å². The van der Waals surface area contributed by atoms with E-state index in [0.29, 0.717) is 6.54 Å². The zero-order valence-electron chi connectivity index (χ0n) is 10.8. The van der Waals surface area contributed by atoms with Crippen LogP contribution in [0.1, 0.15) is 53.9 Å². The molecule has 0 aromatic carbocycles. The van der Waals surface area contributed by atoms with Crippen LogP contribution in [0.15, 0.2) is 0 Å². The van der Waals surface area contributed by atoms with Crippen molar-refractivity contribution in [1.82, 2.24) is 5.32 Å². The standard InChI is InChI=1S/C12H26N2O/c1-6-8-11(3,4)14-10(15)12(5,7-2)9-13/h6-9,13H2,1-5H3,(H,14,15). The van der Waals surface area contributed by atoms with E-state index < -0.39 is 5.41 Å². The Morgan fingerprint density at radius 1 is 1.27 bits per heavy atom. The maximum atomic E-state index is 12.0. The highest BCUT2D eigenvalue weighted by Gasteiger charge is 2.32. The van der Waals surface area contributed by atoms with Crippen LogP contribution in [0.25, 0.3) is 0 Å². The third-order valence-corrected chi connectivity index (χ3v) is 3.11. The summed E-state index contributed by atoms with van der Waals surface area (Å²) in [5, 5.41) is 3.08. The van der Waals surface area contributed by atoms with E-state index in [-0.39, 0.29) is 11.4 Å². The van der Waals surface area contributed by atoms with Crippen molar-refractivity contribution >= 4 is 5.91 Å². The maximum Gasteiger partial charge on any atom is 0.227 e. The van der Waals surface area contributed by atoms with Gasteiger partial charge in [0.15, 0.2) is 0 Å².